The van der Waals surface area contributed by atoms with Gasteiger partial charge in [0.15, 0.2) is 0 Å². The lowest BCUT2D eigenvalue weighted by Gasteiger charge is -2.21. The molecule has 25 heavy (non-hydrogen) atoms. The zero-order valence-corrected chi connectivity index (χ0v) is 14.7. The van der Waals surface area contributed by atoms with E-state index in [9.17, 15) is 0 Å². The lowest BCUT2D eigenvalue weighted by molar-refractivity contribution is 0.544. The fourth-order valence-electron chi connectivity index (χ4n) is 2.91. The van der Waals surface area contributed by atoms with Crippen LogP contribution in [0.4, 0.5) is 0 Å². The zero-order valence-electron chi connectivity index (χ0n) is 13.9. The van der Waals surface area contributed by atoms with Crippen LogP contribution in [0.5, 0.6) is 0 Å². The number of H-pyrrole nitrogens is 1. The van der Waals surface area contributed by atoms with Crippen molar-refractivity contribution in [2.45, 2.75) is 12.8 Å². The third kappa shape index (κ3) is 4.09. The highest BCUT2D eigenvalue weighted by molar-refractivity contribution is 7.09. The normalized spacial score (nSPS) is 13.9. The molecule has 3 nitrogen and oxygen atoms in total. The largest absolute Gasteiger partial charge is 0.354 e. The Balaban J connectivity index is 1.41. The molecule has 0 unspecified atom stereocenters. The van der Waals surface area contributed by atoms with E-state index >= 15 is 0 Å². The minimum Gasteiger partial charge on any atom is -0.354 e. The first-order valence-corrected chi connectivity index (χ1v) is 9.33. The van der Waals surface area contributed by atoms with Crippen molar-refractivity contribution in [3.05, 3.63) is 101 Å². The molecule has 1 radical (unpaired) electrons. The third-order valence-electron chi connectivity index (χ3n) is 4.21. The smallest absolute Gasteiger partial charge is 0.0680 e. The molecule has 1 aliphatic rings. The highest BCUT2D eigenvalue weighted by atomic mass is 32.1. The summed E-state index contributed by atoms with van der Waals surface area (Å²) in [5.74, 6) is 0. The molecule has 0 bridgehead atoms. The number of thiophene rings is 1. The van der Waals surface area contributed by atoms with Gasteiger partial charge < -0.3 is 4.90 Å². The van der Waals surface area contributed by atoms with Crippen molar-refractivity contribution in [1.29, 1.82) is 0 Å². The van der Waals surface area contributed by atoms with Crippen LogP contribution in [0.1, 0.15) is 28.2 Å². The van der Waals surface area contributed by atoms with Gasteiger partial charge in [-0.1, -0.05) is 42.5 Å². The molecule has 125 valence electrons. The second-order valence-corrected chi connectivity index (χ2v) is 7.12. The number of aromatic nitrogens is 2. The number of nitrogens with zero attached hydrogens (tertiary/aromatic N) is 2. The van der Waals surface area contributed by atoms with Gasteiger partial charge in [0.05, 0.1) is 11.4 Å². The minimum absolute atomic E-state index is 0.861. The first kappa shape index (κ1) is 15.9. The Morgan fingerprint density at radius 2 is 2.08 bits per heavy atom. The van der Waals surface area contributed by atoms with Crippen molar-refractivity contribution < 1.29 is 0 Å². The summed E-state index contributed by atoms with van der Waals surface area (Å²) in [5, 5.41) is 9.78. The van der Waals surface area contributed by atoms with Gasteiger partial charge in [-0.3, -0.25) is 5.10 Å². The van der Waals surface area contributed by atoms with Crippen molar-refractivity contribution in [3.8, 4) is 0 Å². The minimum atomic E-state index is 0.861. The average Bonchev–Trinajstić information content (AvgIpc) is 3.34. The molecule has 0 saturated carbocycles. The first-order valence-electron chi connectivity index (χ1n) is 8.45. The second kappa shape index (κ2) is 7.53. The molecule has 1 aliphatic heterocycles. The summed E-state index contributed by atoms with van der Waals surface area (Å²) in [7, 11) is 0. The molecule has 0 amide bonds. The molecule has 0 spiro atoms. The number of aromatic amines is 1. The van der Waals surface area contributed by atoms with Gasteiger partial charge >= 0.3 is 0 Å². The van der Waals surface area contributed by atoms with E-state index in [4.69, 9.17) is 0 Å². The Morgan fingerprint density at radius 3 is 2.92 bits per heavy atom. The molecule has 1 aromatic carbocycles. The van der Waals surface area contributed by atoms with Gasteiger partial charge in [-0.15, -0.1) is 11.3 Å². The van der Waals surface area contributed by atoms with Gasteiger partial charge in [-0.25, -0.2) is 0 Å². The van der Waals surface area contributed by atoms with E-state index in [0.29, 0.717) is 0 Å². The topological polar surface area (TPSA) is 31.9 Å². The fourth-order valence-corrected chi connectivity index (χ4v) is 3.63. The molecule has 2 aromatic heterocycles. The van der Waals surface area contributed by atoms with Crippen LogP contribution in [0, 0.1) is 6.42 Å². The van der Waals surface area contributed by atoms with E-state index in [-0.39, 0.29) is 0 Å². The Bertz CT molecular complexity index is 860. The van der Waals surface area contributed by atoms with E-state index in [1.807, 2.05) is 6.07 Å². The standard InChI is InChI=1S/C21H20N3S/c1-2-6-17(7-3-1)10-12-24-11-4-8-18(16-24)21-15-19(22-23-21)14-20-9-5-13-25-20/h1-7,9-11,13,15-16H,8,12,14H2,(H,22,23). The molecule has 3 heterocycles. The van der Waals surface area contributed by atoms with Crippen LogP contribution in [0.15, 0.2) is 72.4 Å². The summed E-state index contributed by atoms with van der Waals surface area (Å²) in [6, 6.07) is 16.9. The highest BCUT2D eigenvalue weighted by Gasteiger charge is 2.11. The quantitative estimate of drug-likeness (QED) is 0.690. The predicted octanol–water partition coefficient (Wildman–Crippen LogP) is 4.87. The van der Waals surface area contributed by atoms with Crippen molar-refractivity contribution in [2.75, 3.05) is 6.54 Å². The number of benzene rings is 1. The van der Waals surface area contributed by atoms with E-state index in [0.717, 1.165) is 30.8 Å². The van der Waals surface area contributed by atoms with Crippen LogP contribution in [-0.2, 0) is 6.42 Å². The van der Waals surface area contributed by atoms with Crippen LogP contribution in [-0.4, -0.2) is 21.6 Å². The summed E-state index contributed by atoms with van der Waals surface area (Å²) in [6.07, 6.45) is 10.6. The maximum absolute atomic E-state index is 4.48. The van der Waals surface area contributed by atoms with E-state index in [2.05, 4.69) is 87.8 Å². The van der Waals surface area contributed by atoms with Gasteiger partial charge in [-0.05, 0) is 41.3 Å². The molecule has 0 fully saturated rings. The zero-order chi connectivity index (χ0) is 16.9. The Morgan fingerprint density at radius 1 is 1.16 bits per heavy atom. The van der Waals surface area contributed by atoms with Crippen LogP contribution in [0.3, 0.4) is 0 Å². The maximum Gasteiger partial charge on any atom is 0.0680 e. The van der Waals surface area contributed by atoms with E-state index in [1.165, 1.54) is 16.0 Å². The summed E-state index contributed by atoms with van der Waals surface area (Å²) < 4.78 is 0. The van der Waals surface area contributed by atoms with Crippen molar-refractivity contribution in [1.82, 2.24) is 15.1 Å². The van der Waals surface area contributed by atoms with Crippen molar-refractivity contribution in [2.24, 2.45) is 0 Å². The van der Waals surface area contributed by atoms with Gasteiger partial charge in [0.1, 0.15) is 0 Å². The van der Waals surface area contributed by atoms with Crippen LogP contribution < -0.4 is 0 Å². The summed E-state index contributed by atoms with van der Waals surface area (Å²) in [6.45, 7) is 0.861. The molecule has 0 aliphatic carbocycles. The first-order chi connectivity index (χ1) is 12.4. The second-order valence-electron chi connectivity index (χ2n) is 6.08. The average molecular weight is 346 g/mol. The maximum atomic E-state index is 4.48. The molecule has 0 saturated heterocycles. The number of rotatable bonds is 6. The number of hydrogen-bond acceptors (Lipinski definition) is 3. The fraction of sp³-hybridized carbons (Fsp3) is 0.143. The molecule has 4 heteroatoms. The SMILES string of the molecule is [CH](CN1C=CCC(c2cc(Cc3cccs3)n[nH]2)=C1)c1ccccc1. The monoisotopic (exact) mass is 346 g/mol. The van der Waals surface area contributed by atoms with Crippen molar-refractivity contribution >= 4 is 16.9 Å². The number of hydrogen-bond donors (Lipinski definition) is 1. The molecular weight excluding hydrogens is 326 g/mol. The Labute approximate surface area is 152 Å². The van der Waals surface area contributed by atoms with Crippen LogP contribution >= 0.6 is 11.3 Å². The highest BCUT2D eigenvalue weighted by Crippen LogP contribution is 2.24. The van der Waals surface area contributed by atoms with E-state index in [1.54, 1.807) is 11.3 Å². The Kier molecular flexibility index (Phi) is 4.79. The van der Waals surface area contributed by atoms with Gasteiger partial charge in [0.2, 0.25) is 0 Å². The van der Waals surface area contributed by atoms with Crippen LogP contribution in [0.2, 0.25) is 0 Å². The van der Waals surface area contributed by atoms with Gasteiger partial charge in [-0.2, -0.15) is 5.10 Å². The lowest BCUT2D eigenvalue weighted by Crippen LogP contribution is -2.15. The number of allylic oxidation sites excluding steroid dienone is 2. The van der Waals surface area contributed by atoms with Gasteiger partial charge in [0.25, 0.3) is 0 Å². The molecule has 3 aromatic rings. The predicted molar refractivity (Wildman–Crippen MR) is 104 cm³/mol. The van der Waals surface area contributed by atoms with E-state index < -0.39 is 0 Å². The molecular formula is C21H20N3S. The molecule has 1 N–H and O–H groups in total. The van der Waals surface area contributed by atoms with Gasteiger partial charge in [0, 0.05) is 30.5 Å². The van der Waals surface area contributed by atoms with Crippen LogP contribution in [0.25, 0.3) is 5.57 Å². The lowest BCUT2D eigenvalue weighted by atomic mass is 10.1. The summed E-state index contributed by atoms with van der Waals surface area (Å²) in [5.41, 5.74) is 4.72. The molecule has 0 atom stereocenters. The summed E-state index contributed by atoms with van der Waals surface area (Å²) in [4.78, 5) is 3.56. The Hall–Kier alpha value is -2.59. The number of nitrogens with one attached hydrogen (secondary N) is 1. The summed E-state index contributed by atoms with van der Waals surface area (Å²) >= 11 is 1.78. The van der Waals surface area contributed by atoms with Crippen molar-refractivity contribution in [3.63, 3.8) is 0 Å². The molecule has 4 rings (SSSR count). The third-order valence-corrected chi connectivity index (χ3v) is 5.08.